The van der Waals surface area contributed by atoms with E-state index in [1.807, 2.05) is 4.90 Å². The first kappa shape index (κ1) is 16.4. The van der Waals surface area contributed by atoms with E-state index in [0.29, 0.717) is 43.7 Å². The molecule has 134 valence electrons. The van der Waals surface area contributed by atoms with Crippen molar-refractivity contribution in [2.24, 2.45) is 17.8 Å². The molecule has 6 heteroatoms. The van der Waals surface area contributed by atoms with Crippen LogP contribution >= 0.6 is 0 Å². The second kappa shape index (κ2) is 6.65. The number of benzene rings is 1. The van der Waals surface area contributed by atoms with Gasteiger partial charge in [-0.25, -0.2) is 9.18 Å². The van der Waals surface area contributed by atoms with Gasteiger partial charge < -0.3 is 15.1 Å². The minimum atomic E-state index is -0.328. The van der Waals surface area contributed by atoms with Crippen molar-refractivity contribution in [1.29, 1.82) is 0 Å². The zero-order valence-electron chi connectivity index (χ0n) is 14.3. The molecule has 4 rings (SSSR count). The summed E-state index contributed by atoms with van der Waals surface area (Å²) in [5, 5.41) is 2.78. The molecule has 2 saturated carbocycles. The molecule has 3 atom stereocenters. The van der Waals surface area contributed by atoms with Gasteiger partial charge in [0.05, 0.1) is 0 Å². The lowest BCUT2D eigenvalue weighted by molar-refractivity contribution is -0.138. The van der Waals surface area contributed by atoms with Crippen LogP contribution in [-0.2, 0) is 4.79 Å². The molecule has 1 aromatic rings. The highest BCUT2D eigenvalue weighted by atomic mass is 19.1. The number of nitrogens with one attached hydrogen (secondary N) is 1. The second-order valence-electron chi connectivity index (χ2n) is 7.53. The number of carbonyl (C=O) groups is 2. The Bertz CT molecular complexity index is 655. The lowest BCUT2D eigenvalue weighted by Crippen LogP contribution is -2.53. The maximum Gasteiger partial charge on any atom is 0.321 e. The molecule has 0 radical (unpaired) electrons. The third-order valence-corrected chi connectivity index (χ3v) is 6.03. The summed E-state index contributed by atoms with van der Waals surface area (Å²) in [5.74, 6) is 1.55. The van der Waals surface area contributed by atoms with E-state index < -0.39 is 0 Å². The van der Waals surface area contributed by atoms with Crippen LogP contribution in [0.1, 0.15) is 25.7 Å². The van der Waals surface area contributed by atoms with Crippen LogP contribution in [0.25, 0.3) is 0 Å². The fourth-order valence-electron chi connectivity index (χ4n) is 4.65. The van der Waals surface area contributed by atoms with Crippen molar-refractivity contribution in [3.8, 4) is 0 Å². The smallest absolute Gasteiger partial charge is 0.321 e. The van der Waals surface area contributed by atoms with Gasteiger partial charge in [-0.15, -0.1) is 0 Å². The average molecular weight is 345 g/mol. The maximum atomic E-state index is 12.9. The van der Waals surface area contributed by atoms with Crippen molar-refractivity contribution < 1.29 is 14.0 Å². The molecule has 25 heavy (non-hydrogen) atoms. The third-order valence-electron chi connectivity index (χ3n) is 6.03. The molecule has 1 N–H and O–H groups in total. The Hall–Kier alpha value is -2.11. The highest BCUT2D eigenvalue weighted by molar-refractivity contribution is 5.89. The molecule has 0 unspecified atom stereocenters. The van der Waals surface area contributed by atoms with Gasteiger partial charge in [-0.05, 0) is 55.4 Å². The summed E-state index contributed by atoms with van der Waals surface area (Å²) >= 11 is 0. The minimum Gasteiger partial charge on any atom is -0.339 e. The van der Waals surface area contributed by atoms with E-state index in [1.165, 1.54) is 31.4 Å². The number of fused-ring (bicyclic) bond motifs is 2. The number of amides is 3. The van der Waals surface area contributed by atoms with Gasteiger partial charge in [0, 0.05) is 37.8 Å². The highest BCUT2D eigenvalue weighted by Crippen LogP contribution is 2.48. The van der Waals surface area contributed by atoms with Crippen molar-refractivity contribution in [3.63, 3.8) is 0 Å². The van der Waals surface area contributed by atoms with Crippen molar-refractivity contribution in [3.05, 3.63) is 30.1 Å². The number of hydrogen-bond donors (Lipinski definition) is 1. The van der Waals surface area contributed by atoms with E-state index in [4.69, 9.17) is 0 Å². The van der Waals surface area contributed by atoms with E-state index in [9.17, 15) is 14.0 Å². The Kier molecular flexibility index (Phi) is 4.36. The maximum absolute atomic E-state index is 12.9. The molecule has 1 heterocycles. The molecular weight excluding hydrogens is 321 g/mol. The van der Waals surface area contributed by atoms with Crippen LogP contribution in [0.2, 0.25) is 0 Å². The zero-order chi connectivity index (χ0) is 17.4. The Labute approximate surface area is 147 Å². The standard InChI is InChI=1S/C19H24FN3O2/c20-15-3-5-16(6-4-15)21-19(25)23-9-7-22(8-10-23)18(24)17-12-13-1-2-14(17)11-13/h3-6,13-14,17H,1-2,7-12H2,(H,21,25)/t13-,14-,17-/m0/s1. The van der Waals surface area contributed by atoms with E-state index >= 15 is 0 Å². The topological polar surface area (TPSA) is 52.7 Å². The lowest BCUT2D eigenvalue weighted by Gasteiger charge is -2.37. The number of urea groups is 1. The fourth-order valence-corrected chi connectivity index (χ4v) is 4.65. The summed E-state index contributed by atoms with van der Waals surface area (Å²) in [4.78, 5) is 28.7. The Morgan fingerprint density at radius 2 is 1.64 bits per heavy atom. The normalized spacial score (nSPS) is 28.3. The molecule has 0 spiro atoms. The minimum absolute atomic E-state index is 0.196. The molecule has 0 aromatic heterocycles. The summed E-state index contributed by atoms with van der Waals surface area (Å²) in [6.07, 6.45) is 4.80. The molecule has 1 saturated heterocycles. The largest absolute Gasteiger partial charge is 0.339 e. The second-order valence-corrected chi connectivity index (χ2v) is 7.53. The fraction of sp³-hybridized carbons (Fsp3) is 0.579. The van der Waals surface area contributed by atoms with Crippen LogP contribution in [0, 0.1) is 23.6 Å². The number of hydrogen-bond acceptors (Lipinski definition) is 2. The Morgan fingerprint density at radius 3 is 2.24 bits per heavy atom. The predicted octanol–water partition coefficient (Wildman–Crippen LogP) is 2.94. The quantitative estimate of drug-likeness (QED) is 0.896. The average Bonchev–Trinajstić information content (AvgIpc) is 3.26. The zero-order valence-corrected chi connectivity index (χ0v) is 14.3. The molecule has 3 fully saturated rings. The van der Waals surface area contributed by atoms with Gasteiger partial charge in [-0.3, -0.25) is 4.79 Å². The van der Waals surface area contributed by atoms with Gasteiger partial charge in [0.25, 0.3) is 0 Å². The molecular formula is C19H24FN3O2. The molecule has 5 nitrogen and oxygen atoms in total. The van der Waals surface area contributed by atoms with Crippen LogP contribution < -0.4 is 5.32 Å². The van der Waals surface area contributed by atoms with Crippen LogP contribution in [0.5, 0.6) is 0 Å². The number of anilines is 1. The number of nitrogens with zero attached hydrogens (tertiary/aromatic N) is 2. The van der Waals surface area contributed by atoms with Crippen molar-refractivity contribution in [1.82, 2.24) is 9.80 Å². The van der Waals surface area contributed by atoms with Gasteiger partial charge >= 0.3 is 6.03 Å². The van der Waals surface area contributed by atoms with Gasteiger partial charge in [0.15, 0.2) is 0 Å². The summed E-state index contributed by atoms with van der Waals surface area (Å²) < 4.78 is 12.9. The monoisotopic (exact) mass is 345 g/mol. The number of piperazine rings is 1. The first-order valence-corrected chi connectivity index (χ1v) is 9.20. The Morgan fingerprint density at radius 1 is 0.960 bits per heavy atom. The number of rotatable bonds is 2. The van der Waals surface area contributed by atoms with E-state index in [0.717, 1.165) is 12.3 Å². The molecule has 2 bridgehead atoms. The lowest BCUT2D eigenvalue weighted by atomic mass is 9.87. The molecule has 2 aliphatic carbocycles. The van der Waals surface area contributed by atoms with Crippen LogP contribution in [0.3, 0.4) is 0 Å². The molecule has 3 aliphatic rings. The number of carbonyl (C=O) groups excluding carboxylic acids is 2. The first-order valence-electron chi connectivity index (χ1n) is 9.20. The first-order chi connectivity index (χ1) is 12.1. The molecule has 3 amide bonds. The SMILES string of the molecule is O=C(Nc1ccc(F)cc1)N1CCN(C(=O)[C@H]2C[C@H]3CC[C@H]2C3)CC1. The van der Waals surface area contributed by atoms with Gasteiger partial charge in [0.1, 0.15) is 5.82 Å². The van der Waals surface area contributed by atoms with Crippen molar-refractivity contribution in [2.45, 2.75) is 25.7 Å². The summed E-state index contributed by atoms with van der Waals surface area (Å²) in [6, 6.07) is 5.53. The van der Waals surface area contributed by atoms with Crippen LogP contribution in [0.4, 0.5) is 14.9 Å². The summed E-state index contributed by atoms with van der Waals surface area (Å²) in [7, 11) is 0. The molecule has 1 aliphatic heterocycles. The third kappa shape index (κ3) is 3.34. The van der Waals surface area contributed by atoms with Crippen LogP contribution in [-0.4, -0.2) is 47.9 Å². The molecule has 1 aromatic carbocycles. The van der Waals surface area contributed by atoms with Crippen LogP contribution in [0.15, 0.2) is 24.3 Å². The summed E-state index contributed by atoms with van der Waals surface area (Å²) in [5.41, 5.74) is 0.576. The van der Waals surface area contributed by atoms with Crippen molar-refractivity contribution >= 4 is 17.6 Å². The van der Waals surface area contributed by atoms with Gasteiger partial charge in [-0.2, -0.15) is 0 Å². The van der Waals surface area contributed by atoms with Gasteiger partial charge in [0.2, 0.25) is 5.91 Å². The van der Waals surface area contributed by atoms with Gasteiger partial charge in [-0.1, -0.05) is 6.42 Å². The number of halogens is 1. The van der Waals surface area contributed by atoms with E-state index in [1.54, 1.807) is 17.0 Å². The van der Waals surface area contributed by atoms with E-state index in [2.05, 4.69) is 5.32 Å². The Balaban J connectivity index is 1.28. The van der Waals surface area contributed by atoms with Crippen molar-refractivity contribution in [2.75, 3.05) is 31.5 Å². The van der Waals surface area contributed by atoms with E-state index in [-0.39, 0.29) is 17.8 Å². The highest BCUT2D eigenvalue weighted by Gasteiger charge is 2.44. The predicted molar refractivity (Wildman–Crippen MR) is 92.5 cm³/mol. The summed E-state index contributed by atoms with van der Waals surface area (Å²) in [6.45, 7) is 2.28.